The van der Waals surface area contributed by atoms with E-state index in [1.165, 1.54) is 50.2 Å². The van der Waals surface area contributed by atoms with E-state index in [0.717, 1.165) is 31.9 Å². The molecule has 5 heteroatoms. The number of hydrogen-bond donors (Lipinski definition) is 1. The molecule has 2 aromatic rings. The van der Waals surface area contributed by atoms with Crippen molar-refractivity contribution in [2.75, 3.05) is 25.0 Å². The molecule has 0 bridgehead atoms. The Morgan fingerprint density at radius 2 is 1.96 bits per heavy atom. The normalized spacial score (nSPS) is 21.8. The average molecular weight is 399 g/mol. The zero-order valence-electron chi connectivity index (χ0n) is 16.7. The number of hydrogen-bond acceptors (Lipinski definition) is 4. The SMILES string of the molecule is CC(=O)Nc1ccc(CN2CCC(CCc3ccsc3)(C3CCO3)CC2)cc1. The molecule has 1 aromatic heterocycles. The maximum Gasteiger partial charge on any atom is 0.221 e. The number of aryl methyl sites for hydroxylation is 1. The van der Waals surface area contributed by atoms with E-state index in [4.69, 9.17) is 4.74 Å². The van der Waals surface area contributed by atoms with Crippen molar-refractivity contribution in [3.8, 4) is 0 Å². The number of anilines is 1. The highest BCUT2D eigenvalue weighted by Crippen LogP contribution is 2.45. The van der Waals surface area contributed by atoms with Gasteiger partial charge in [0.15, 0.2) is 0 Å². The first-order valence-electron chi connectivity index (χ1n) is 10.3. The molecule has 2 aliphatic rings. The van der Waals surface area contributed by atoms with Gasteiger partial charge in [0.25, 0.3) is 0 Å². The van der Waals surface area contributed by atoms with Crippen molar-refractivity contribution in [2.45, 2.75) is 51.7 Å². The molecule has 0 radical (unpaired) electrons. The summed E-state index contributed by atoms with van der Waals surface area (Å²) in [7, 11) is 0. The van der Waals surface area contributed by atoms with E-state index >= 15 is 0 Å². The number of carbonyl (C=O) groups excluding carboxylic acids is 1. The predicted octanol–water partition coefficient (Wildman–Crippen LogP) is 4.71. The van der Waals surface area contributed by atoms with Crippen LogP contribution in [0.5, 0.6) is 0 Å². The van der Waals surface area contributed by atoms with Crippen LogP contribution in [0, 0.1) is 5.41 Å². The van der Waals surface area contributed by atoms with Crippen LogP contribution in [0.15, 0.2) is 41.1 Å². The maximum atomic E-state index is 11.2. The highest BCUT2D eigenvalue weighted by molar-refractivity contribution is 7.07. The highest BCUT2D eigenvalue weighted by atomic mass is 32.1. The molecule has 1 unspecified atom stereocenters. The molecule has 28 heavy (non-hydrogen) atoms. The van der Waals surface area contributed by atoms with Gasteiger partial charge in [0, 0.05) is 25.8 Å². The molecule has 1 N–H and O–H groups in total. The van der Waals surface area contributed by atoms with Gasteiger partial charge in [-0.3, -0.25) is 9.69 Å². The fourth-order valence-corrected chi connectivity index (χ4v) is 5.29. The Hall–Kier alpha value is -1.69. The zero-order chi connectivity index (χ0) is 19.4. The van der Waals surface area contributed by atoms with Crippen molar-refractivity contribution in [2.24, 2.45) is 5.41 Å². The van der Waals surface area contributed by atoms with Gasteiger partial charge in [-0.2, -0.15) is 11.3 Å². The minimum absolute atomic E-state index is 0.0271. The van der Waals surface area contributed by atoms with Crippen molar-refractivity contribution in [1.29, 1.82) is 0 Å². The average Bonchev–Trinajstić information content (AvgIpc) is 3.15. The van der Waals surface area contributed by atoms with Crippen LogP contribution >= 0.6 is 11.3 Å². The Morgan fingerprint density at radius 1 is 1.21 bits per heavy atom. The first-order valence-corrected chi connectivity index (χ1v) is 11.3. The lowest BCUT2D eigenvalue weighted by Gasteiger charge is -2.50. The Labute approximate surface area is 171 Å². The molecule has 3 heterocycles. The van der Waals surface area contributed by atoms with E-state index in [2.05, 4.69) is 39.2 Å². The van der Waals surface area contributed by atoms with Gasteiger partial charge >= 0.3 is 0 Å². The third-order valence-electron chi connectivity index (χ3n) is 6.41. The van der Waals surface area contributed by atoms with E-state index in [1.54, 1.807) is 11.3 Å². The molecule has 1 atom stereocenters. The molecular weight excluding hydrogens is 368 g/mol. The Balaban J connectivity index is 1.33. The fourth-order valence-electron chi connectivity index (χ4n) is 4.59. The van der Waals surface area contributed by atoms with Gasteiger partial charge < -0.3 is 10.1 Å². The number of ether oxygens (including phenoxy) is 1. The van der Waals surface area contributed by atoms with Crippen LogP contribution in [-0.4, -0.2) is 36.6 Å². The van der Waals surface area contributed by atoms with Gasteiger partial charge in [-0.05, 0) is 90.7 Å². The van der Waals surface area contributed by atoms with Crippen LogP contribution in [0.1, 0.15) is 43.7 Å². The van der Waals surface area contributed by atoms with Gasteiger partial charge in [0.1, 0.15) is 0 Å². The van der Waals surface area contributed by atoms with Crippen molar-refractivity contribution in [1.82, 2.24) is 4.90 Å². The molecule has 0 aliphatic carbocycles. The number of carbonyl (C=O) groups is 1. The lowest BCUT2D eigenvalue weighted by molar-refractivity contribution is -0.148. The molecule has 4 nitrogen and oxygen atoms in total. The molecule has 150 valence electrons. The van der Waals surface area contributed by atoms with Crippen LogP contribution in [0.2, 0.25) is 0 Å². The van der Waals surface area contributed by atoms with Gasteiger partial charge in [-0.25, -0.2) is 0 Å². The van der Waals surface area contributed by atoms with Gasteiger partial charge in [-0.15, -0.1) is 0 Å². The van der Waals surface area contributed by atoms with E-state index in [-0.39, 0.29) is 5.91 Å². The van der Waals surface area contributed by atoms with Crippen LogP contribution in [0.3, 0.4) is 0 Å². The first kappa shape index (κ1) is 19.6. The van der Waals surface area contributed by atoms with Crippen LogP contribution < -0.4 is 5.32 Å². The van der Waals surface area contributed by atoms with Crippen LogP contribution in [0.4, 0.5) is 5.69 Å². The van der Waals surface area contributed by atoms with Crippen LogP contribution in [0.25, 0.3) is 0 Å². The predicted molar refractivity (Wildman–Crippen MR) is 115 cm³/mol. The minimum Gasteiger partial charge on any atom is -0.377 e. The number of nitrogens with one attached hydrogen (secondary N) is 1. The monoisotopic (exact) mass is 398 g/mol. The topological polar surface area (TPSA) is 41.6 Å². The van der Waals surface area contributed by atoms with Crippen molar-refractivity contribution < 1.29 is 9.53 Å². The summed E-state index contributed by atoms with van der Waals surface area (Å²) >= 11 is 1.80. The third kappa shape index (κ3) is 4.65. The second-order valence-electron chi connectivity index (χ2n) is 8.30. The molecule has 2 fully saturated rings. The quantitative estimate of drug-likeness (QED) is 0.734. The maximum absolute atomic E-state index is 11.2. The largest absolute Gasteiger partial charge is 0.377 e. The zero-order valence-corrected chi connectivity index (χ0v) is 17.5. The number of benzene rings is 1. The smallest absolute Gasteiger partial charge is 0.221 e. The molecule has 2 aliphatic heterocycles. The van der Waals surface area contributed by atoms with Crippen molar-refractivity contribution in [3.63, 3.8) is 0 Å². The minimum atomic E-state index is -0.0271. The molecule has 1 aromatic carbocycles. The fraction of sp³-hybridized carbons (Fsp3) is 0.522. The summed E-state index contributed by atoms with van der Waals surface area (Å²) in [6.45, 7) is 5.73. The summed E-state index contributed by atoms with van der Waals surface area (Å²) in [6.07, 6.45) is 6.57. The first-order chi connectivity index (χ1) is 13.6. The Bertz CT molecular complexity index is 760. The van der Waals surface area contributed by atoms with Crippen molar-refractivity contribution >= 4 is 22.9 Å². The molecular formula is C23H30N2O2S. The lowest BCUT2D eigenvalue weighted by Crippen LogP contribution is -2.51. The molecule has 4 rings (SSSR count). The number of thiophene rings is 1. The standard InChI is InChI=1S/C23H30N2O2S/c1-18(26)24-21-4-2-19(3-5-21)16-25-12-10-23(11-13-25,22-7-14-27-22)9-6-20-8-15-28-17-20/h2-5,8,15,17,22H,6-7,9-14,16H2,1H3,(H,24,26). The Kier molecular flexibility index (Phi) is 6.14. The molecule has 0 spiro atoms. The second kappa shape index (κ2) is 8.76. The number of amides is 1. The third-order valence-corrected chi connectivity index (χ3v) is 7.14. The molecule has 2 saturated heterocycles. The van der Waals surface area contributed by atoms with Gasteiger partial charge in [0.2, 0.25) is 5.91 Å². The van der Waals surface area contributed by atoms with E-state index in [0.29, 0.717) is 11.5 Å². The number of likely N-dealkylation sites (tertiary alicyclic amines) is 1. The van der Waals surface area contributed by atoms with E-state index in [9.17, 15) is 4.79 Å². The lowest BCUT2D eigenvalue weighted by atomic mass is 9.68. The second-order valence-corrected chi connectivity index (χ2v) is 9.08. The summed E-state index contributed by atoms with van der Waals surface area (Å²) in [6, 6.07) is 10.5. The summed E-state index contributed by atoms with van der Waals surface area (Å²) in [5.41, 5.74) is 4.00. The number of nitrogens with zero attached hydrogens (tertiary/aromatic N) is 1. The van der Waals surface area contributed by atoms with Gasteiger partial charge in [-0.1, -0.05) is 12.1 Å². The van der Waals surface area contributed by atoms with Gasteiger partial charge in [0.05, 0.1) is 6.10 Å². The van der Waals surface area contributed by atoms with Crippen LogP contribution in [-0.2, 0) is 22.5 Å². The number of rotatable bonds is 7. The highest BCUT2D eigenvalue weighted by Gasteiger charge is 2.44. The van der Waals surface area contributed by atoms with E-state index < -0.39 is 0 Å². The van der Waals surface area contributed by atoms with E-state index in [1.807, 2.05) is 12.1 Å². The molecule has 1 amide bonds. The summed E-state index contributed by atoms with van der Waals surface area (Å²) in [5, 5.41) is 7.30. The molecule has 0 saturated carbocycles. The number of piperidine rings is 1. The Morgan fingerprint density at radius 3 is 2.54 bits per heavy atom. The van der Waals surface area contributed by atoms with Crippen molar-refractivity contribution in [3.05, 3.63) is 52.2 Å². The summed E-state index contributed by atoms with van der Waals surface area (Å²) in [5.74, 6) is -0.0271. The summed E-state index contributed by atoms with van der Waals surface area (Å²) < 4.78 is 5.99. The summed E-state index contributed by atoms with van der Waals surface area (Å²) in [4.78, 5) is 13.7.